The number of carbonyl (C=O) groups excluding carboxylic acids is 3. The van der Waals surface area contributed by atoms with Crippen molar-refractivity contribution < 1.29 is 19.3 Å². The number of rotatable bonds is 4. The topological polar surface area (TPSA) is 110 Å². The molecular weight excluding hydrogens is 338 g/mol. The van der Waals surface area contributed by atoms with E-state index in [9.17, 15) is 24.5 Å². The molecule has 1 aliphatic heterocycles. The maximum Gasteiger partial charge on any atom is 0.269 e. The predicted octanol–water partition coefficient (Wildman–Crippen LogP) is 2.53. The number of nitrogens with one attached hydrogen (secondary N) is 1. The van der Waals surface area contributed by atoms with Gasteiger partial charge in [-0.1, -0.05) is 12.1 Å². The summed E-state index contributed by atoms with van der Waals surface area (Å²) in [5.41, 5.74) is 1.33. The molecule has 0 spiro atoms. The lowest BCUT2D eigenvalue weighted by Gasteiger charge is -2.22. The zero-order chi connectivity index (χ0) is 19.0. The van der Waals surface area contributed by atoms with Crippen LogP contribution in [0.5, 0.6) is 0 Å². The molecule has 0 saturated carbocycles. The molecular formula is C18H15N3O5. The third kappa shape index (κ3) is 2.81. The van der Waals surface area contributed by atoms with Gasteiger partial charge in [-0.25, -0.2) is 0 Å². The van der Waals surface area contributed by atoms with E-state index in [1.807, 2.05) is 0 Å². The molecule has 26 heavy (non-hydrogen) atoms. The fraction of sp³-hybridized carbons (Fsp3) is 0.167. The quantitative estimate of drug-likeness (QED) is 0.516. The van der Waals surface area contributed by atoms with Crippen molar-refractivity contribution in [3.63, 3.8) is 0 Å². The van der Waals surface area contributed by atoms with Crippen LogP contribution in [0.1, 0.15) is 33.2 Å². The summed E-state index contributed by atoms with van der Waals surface area (Å²) in [6, 6.07) is 9.38. The van der Waals surface area contributed by atoms with E-state index in [1.165, 1.54) is 25.1 Å². The van der Waals surface area contributed by atoms with Gasteiger partial charge in [-0.3, -0.25) is 29.4 Å². The van der Waals surface area contributed by atoms with Gasteiger partial charge in [-0.2, -0.15) is 0 Å². The average molecular weight is 353 g/mol. The van der Waals surface area contributed by atoms with Crippen LogP contribution in [0.3, 0.4) is 0 Å². The van der Waals surface area contributed by atoms with Crippen molar-refractivity contribution in [2.75, 3.05) is 5.32 Å². The van der Waals surface area contributed by atoms with Crippen molar-refractivity contribution in [2.24, 2.45) is 0 Å². The Morgan fingerprint density at radius 3 is 2.19 bits per heavy atom. The summed E-state index contributed by atoms with van der Waals surface area (Å²) in [5.74, 6) is -1.60. The minimum atomic E-state index is -1.03. The van der Waals surface area contributed by atoms with Gasteiger partial charge in [0.2, 0.25) is 5.91 Å². The van der Waals surface area contributed by atoms with Gasteiger partial charge in [-0.05, 0) is 37.6 Å². The van der Waals surface area contributed by atoms with Crippen LogP contribution in [0.4, 0.5) is 11.4 Å². The van der Waals surface area contributed by atoms with Crippen LogP contribution in [0.2, 0.25) is 0 Å². The van der Waals surface area contributed by atoms with Crippen LogP contribution in [-0.4, -0.2) is 33.6 Å². The number of nitro groups is 1. The highest BCUT2D eigenvalue weighted by atomic mass is 16.6. The number of anilines is 1. The van der Waals surface area contributed by atoms with Crippen molar-refractivity contribution in [3.8, 4) is 0 Å². The number of carbonyl (C=O) groups is 3. The molecule has 8 heteroatoms. The third-order valence-electron chi connectivity index (χ3n) is 4.27. The molecule has 2 aromatic carbocycles. The van der Waals surface area contributed by atoms with Crippen molar-refractivity contribution in [1.82, 2.24) is 4.90 Å². The number of aryl methyl sites for hydroxylation is 1. The number of imide groups is 1. The number of fused-ring (bicyclic) bond motifs is 1. The van der Waals surface area contributed by atoms with Crippen LogP contribution < -0.4 is 5.32 Å². The molecule has 8 nitrogen and oxygen atoms in total. The predicted molar refractivity (Wildman–Crippen MR) is 92.9 cm³/mol. The fourth-order valence-electron chi connectivity index (χ4n) is 2.82. The van der Waals surface area contributed by atoms with E-state index in [4.69, 9.17) is 0 Å². The van der Waals surface area contributed by atoms with Gasteiger partial charge in [0, 0.05) is 17.8 Å². The molecule has 0 saturated heterocycles. The first kappa shape index (κ1) is 17.3. The summed E-state index contributed by atoms with van der Waals surface area (Å²) >= 11 is 0. The smallest absolute Gasteiger partial charge is 0.269 e. The molecule has 2 aromatic rings. The Bertz CT molecular complexity index is 919. The Labute approximate surface area is 148 Å². The molecule has 0 fully saturated rings. The zero-order valence-electron chi connectivity index (χ0n) is 14.1. The molecule has 0 unspecified atom stereocenters. The summed E-state index contributed by atoms with van der Waals surface area (Å²) in [4.78, 5) is 48.6. The molecule has 3 amide bonds. The summed E-state index contributed by atoms with van der Waals surface area (Å²) in [5, 5.41) is 13.4. The second-order valence-corrected chi connectivity index (χ2v) is 5.95. The fourth-order valence-corrected chi connectivity index (χ4v) is 2.82. The second kappa shape index (κ2) is 6.40. The lowest BCUT2D eigenvalue weighted by molar-refractivity contribution is -0.384. The van der Waals surface area contributed by atoms with Crippen molar-refractivity contribution in [3.05, 3.63) is 69.3 Å². The molecule has 1 aliphatic rings. The number of nitrogens with zero attached hydrogens (tertiary/aromatic N) is 2. The first-order valence-electron chi connectivity index (χ1n) is 7.84. The highest BCUT2D eigenvalue weighted by Gasteiger charge is 2.40. The molecule has 0 bridgehead atoms. The van der Waals surface area contributed by atoms with E-state index >= 15 is 0 Å². The van der Waals surface area contributed by atoms with Crippen molar-refractivity contribution in [2.45, 2.75) is 19.9 Å². The maximum atomic E-state index is 12.5. The standard InChI is InChI=1S/C18H15N3O5/c1-10-9-12(21(25)26)7-8-15(10)19-16(22)11(2)20-17(23)13-5-3-4-6-14(13)18(20)24/h3-9,11H,1-2H3,(H,19,22)/t11-/m1/s1. The maximum absolute atomic E-state index is 12.5. The van der Waals surface area contributed by atoms with Gasteiger partial charge >= 0.3 is 0 Å². The summed E-state index contributed by atoms with van der Waals surface area (Å²) in [6.45, 7) is 3.08. The summed E-state index contributed by atoms with van der Waals surface area (Å²) in [6.07, 6.45) is 0. The zero-order valence-corrected chi connectivity index (χ0v) is 14.1. The first-order chi connectivity index (χ1) is 12.3. The van der Waals surface area contributed by atoms with E-state index in [1.54, 1.807) is 31.2 Å². The van der Waals surface area contributed by atoms with Crippen LogP contribution in [-0.2, 0) is 4.79 Å². The summed E-state index contributed by atoms with van der Waals surface area (Å²) < 4.78 is 0. The SMILES string of the molecule is Cc1cc([N+](=O)[O-])ccc1NC(=O)[C@@H](C)N1C(=O)c2ccccc2C1=O. The number of amides is 3. The molecule has 132 valence electrons. The third-order valence-corrected chi connectivity index (χ3v) is 4.27. The average Bonchev–Trinajstić information content (AvgIpc) is 2.87. The Morgan fingerprint density at radius 1 is 1.12 bits per heavy atom. The van der Waals surface area contributed by atoms with Gasteiger partial charge in [-0.15, -0.1) is 0 Å². The van der Waals surface area contributed by atoms with Gasteiger partial charge in [0.15, 0.2) is 0 Å². The largest absolute Gasteiger partial charge is 0.324 e. The number of nitro benzene ring substituents is 1. The molecule has 0 aromatic heterocycles. The van der Waals surface area contributed by atoms with E-state index < -0.39 is 28.7 Å². The molecule has 0 radical (unpaired) electrons. The van der Waals surface area contributed by atoms with E-state index in [0.29, 0.717) is 11.3 Å². The van der Waals surface area contributed by atoms with E-state index in [-0.39, 0.29) is 16.8 Å². The molecule has 0 aliphatic carbocycles. The van der Waals surface area contributed by atoms with Crippen LogP contribution in [0.15, 0.2) is 42.5 Å². The molecule has 1 N–H and O–H groups in total. The normalized spacial score (nSPS) is 14.2. The second-order valence-electron chi connectivity index (χ2n) is 5.95. The van der Waals surface area contributed by atoms with Gasteiger partial charge in [0.1, 0.15) is 6.04 Å². The van der Waals surface area contributed by atoms with Crippen LogP contribution in [0.25, 0.3) is 0 Å². The van der Waals surface area contributed by atoms with E-state index in [0.717, 1.165) is 4.90 Å². The lowest BCUT2D eigenvalue weighted by Crippen LogP contribution is -2.45. The highest BCUT2D eigenvalue weighted by Crippen LogP contribution is 2.26. The van der Waals surface area contributed by atoms with Crippen LogP contribution >= 0.6 is 0 Å². The van der Waals surface area contributed by atoms with Gasteiger partial charge in [0.05, 0.1) is 16.1 Å². The molecule has 1 atom stereocenters. The highest BCUT2D eigenvalue weighted by molar-refractivity contribution is 6.23. The van der Waals surface area contributed by atoms with Crippen molar-refractivity contribution >= 4 is 29.1 Å². The molecule has 1 heterocycles. The van der Waals surface area contributed by atoms with Crippen LogP contribution in [0, 0.1) is 17.0 Å². The van der Waals surface area contributed by atoms with E-state index in [2.05, 4.69) is 5.32 Å². The lowest BCUT2D eigenvalue weighted by atomic mass is 10.1. The minimum Gasteiger partial charge on any atom is -0.324 e. The Balaban J connectivity index is 1.80. The summed E-state index contributed by atoms with van der Waals surface area (Å²) in [7, 11) is 0. The Morgan fingerprint density at radius 2 is 1.69 bits per heavy atom. The number of benzene rings is 2. The van der Waals surface area contributed by atoms with Gasteiger partial charge in [0.25, 0.3) is 17.5 Å². The van der Waals surface area contributed by atoms with Gasteiger partial charge < -0.3 is 5.32 Å². The Kier molecular flexibility index (Phi) is 4.25. The number of hydrogen-bond donors (Lipinski definition) is 1. The number of hydrogen-bond acceptors (Lipinski definition) is 5. The monoisotopic (exact) mass is 353 g/mol. The molecule has 3 rings (SSSR count). The first-order valence-corrected chi connectivity index (χ1v) is 7.84. The van der Waals surface area contributed by atoms with Crippen molar-refractivity contribution in [1.29, 1.82) is 0 Å². The minimum absolute atomic E-state index is 0.0890. The number of non-ortho nitro benzene ring substituents is 1. The Hall–Kier alpha value is -3.55.